The molecule has 3 rings (SSSR count). The summed E-state index contributed by atoms with van der Waals surface area (Å²) in [6.07, 6.45) is -0.509. The Morgan fingerprint density at radius 2 is 1.21 bits per heavy atom. The van der Waals surface area contributed by atoms with Crippen LogP contribution in [0.15, 0.2) is 60.5 Å². The number of carbonyl (C=O) groups excluding carboxylic acids is 2. The molecule has 168 valence electrons. The number of benzene rings is 3. The fourth-order valence-electron chi connectivity index (χ4n) is 2.83. The number of aromatic carboxylic acids is 2. The maximum absolute atomic E-state index is 13.1. The molecular weight excluding hydrogens is 424 g/mol. The molecule has 33 heavy (non-hydrogen) atoms. The van der Waals surface area contributed by atoms with Gasteiger partial charge >= 0.3 is 11.9 Å². The number of Topliss-reactive ketones (excluding diaryl/α,β-unsaturated/α-hetero) is 1. The van der Waals surface area contributed by atoms with Gasteiger partial charge in [-0.1, -0.05) is 24.2 Å². The molecule has 0 bridgehead atoms. The summed E-state index contributed by atoms with van der Waals surface area (Å²) in [6, 6.07) is -3.15. The number of hydrogen-bond acceptors (Lipinski definition) is 5. The van der Waals surface area contributed by atoms with E-state index in [-0.39, 0.29) is 16.8 Å². The first-order valence-corrected chi connectivity index (χ1v) is 9.38. The quantitative estimate of drug-likeness (QED) is 0.375. The zero-order valence-corrected chi connectivity index (χ0v) is 17.4. The Hall–Kier alpha value is -4.46. The molecule has 3 aromatic carbocycles. The molecule has 0 spiro atoms. The topological polar surface area (TPSA) is 133 Å². The summed E-state index contributed by atoms with van der Waals surface area (Å²) in [4.78, 5) is 48.4. The first kappa shape index (κ1) is 14.6. The lowest BCUT2D eigenvalue weighted by Crippen LogP contribution is -2.19. The third kappa shape index (κ3) is 5.43. The second-order valence-corrected chi connectivity index (χ2v) is 6.70. The Kier molecular flexibility index (Phi) is 4.32. The zero-order chi connectivity index (χ0) is 31.1. The van der Waals surface area contributed by atoms with Crippen LogP contribution in [0.4, 0.5) is 11.4 Å². The van der Waals surface area contributed by atoms with Crippen molar-refractivity contribution in [2.75, 3.05) is 17.7 Å². The molecule has 0 saturated heterocycles. The number of nitrogens with one attached hydrogen (secondary N) is 2. The molecule has 0 unspecified atom stereocenters. The summed E-state index contributed by atoms with van der Waals surface area (Å²) >= 11 is 0. The van der Waals surface area contributed by atoms with Crippen molar-refractivity contribution < 1.29 is 40.4 Å². The predicted molar refractivity (Wildman–Crippen MR) is 124 cm³/mol. The molecule has 0 atom stereocenters. The molecule has 8 heteroatoms. The smallest absolute Gasteiger partial charge is 0.336 e. The molecule has 8 nitrogen and oxygen atoms in total. The van der Waals surface area contributed by atoms with Crippen LogP contribution >= 0.6 is 0 Å². The van der Waals surface area contributed by atoms with Crippen molar-refractivity contribution in [1.29, 1.82) is 0 Å². The minimum atomic E-state index is -1.70. The van der Waals surface area contributed by atoms with E-state index < -0.39 is 106 Å². The van der Waals surface area contributed by atoms with Gasteiger partial charge in [-0.2, -0.15) is 0 Å². The summed E-state index contributed by atoms with van der Waals surface area (Å²) in [7, 11) is 1.42. The van der Waals surface area contributed by atoms with Crippen LogP contribution in [0.1, 0.15) is 70.4 Å². The average Bonchev–Trinajstić information content (AvgIpc) is 2.92. The Bertz CT molecular complexity index is 1620. The Balaban J connectivity index is 2.14. The van der Waals surface area contributed by atoms with Gasteiger partial charge in [-0.25, -0.2) is 9.59 Å². The number of anilines is 2. The van der Waals surface area contributed by atoms with E-state index in [0.29, 0.717) is 6.07 Å². The van der Waals surface area contributed by atoms with Crippen molar-refractivity contribution in [2.24, 2.45) is 0 Å². The summed E-state index contributed by atoms with van der Waals surface area (Å²) in [5.74, 6) is -5.34. The second-order valence-electron chi connectivity index (χ2n) is 6.70. The van der Waals surface area contributed by atoms with Crippen LogP contribution in [-0.2, 0) is 6.42 Å². The molecule has 1 amide bonds. The van der Waals surface area contributed by atoms with Crippen molar-refractivity contribution in [3.05, 3.63) is 93.9 Å². The normalized spacial score (nSPS) is 13.8. The van der Waals surface area contributed by atoms with Crippen LogP contribution in [-0.4, -0.2) is 40.9 Å². The van der Waals surface area contributed by atoms with Crippen LogP contribution in [0.25, 0.3) is 0 Å². The number of carbonyl (C=O) groups is 4. The minimum Gasteiger partial charge on any atom is -0.478 e. The van der Waals surface area contributed by atoms with Gasteiger partial charge in [0.05, 0.1) is 27.7 Å². The second kappa shape index (κ2) is 9.78. The first-order valence-electron chi connectivity index (χ1n) is 13.4. The van der Waals surface area contributed by atoms with Crippen LogP contribution in [0.3, 0.4) is 0 Å². The summed E-state index contributed by atoms with van der Waals surface area (Å²) in [5, 5.41) is 23.6. The standard InChI is InChI=1S/C25H22N2O6/c1-14(28)19-12-20(22(25(32)33)13-21(19)24(30)31)23(29)27-18-9-5-16(6-10-18)11-15-3-7-17(26-2)8-4-15/h3-10,12-13,26H,11H2,1-2H3,(H,27,29)(H,30,31)(H,32,33)/i3D,4D,5D,6D,7D,8D,9D,10D. The zero-order valence-electron chi connectivity index (χ0n) is 25.4. The van der Waals surface area contributed by atoms with Gasteiger partial charge in [0.15, 0.2) is 5.78 Å². The molecule has 0 saturated carbocycles. The third-order valence-corrected chi connectivity index (χ3v) is 4.44. The highest BCUT2D eigenvalue weighted by molar-refractivity contribution is 6.14. The third-order valence-electron chi connectivity index (χ3n) is 4.44. The number of carboxylic acid groups (broad SMARTS) is 2. The fourth-order valence-corrected chi connectivity index (χ4v) is 2.83. The fraction of sp³-hybridized carbons (Fsp3) is 0.120. The summed E-state index contributed by atoms with van der Waals surface area (Å²) in [5.41, 5.74) is -3.76. The van der Waals surface area contributed by atoms with Gasteiger partial charge in [0.2, 0.25) is 0 Å². The highest BCUT2D eigenvalue weighted by Crippen LogP contribution is 2.21. The molecule has 0 heterocycles. The largest absolute Gasteiger partial charge is 0.478 e. The number of carboxylic acids is 2. The van der Waals surface area contributed by atoms with E-state index in [1.165, 1.54) is 7.05 Å². The van der Waals surface area contributed by atoms with Crippen molar-refractivity contribution >= 4 is 35.0 Å². The lowest BCUT2D eigenvalue weighted by molar-refractivity contribution is 0.0690. The number of rotatable bonds is 8. The Morgan fingerprint density at radius 1 is 0.758 bits per heavy atom. The highest BCUT2D eigenvalue weighted by atomic mass is 16.4. The van der Waals surface area contributed by atoms with E-state index in [4.69, 9.17) is 11.0 Å². The molecule has 4 N–H and O–H groups in total. The maximum Gasteiger partial charge on any atom is 0.336 e. The number of hydrogen-bond donors (Lipinski definition) is 4. The van der Waals surface area contributed by atoms with E-state index in [0.717, 1.165) is 13.0 Å². The monoisotopic (exact) mass is 454 g/mol. The van der Waals surface area contributed by atoms with Crippen molar-refractivity contribution in [3.8, 4) is 0 Å². The minimum absolute atomic E-state index is 0.0635. The summed E-state index contributed by atoms with van der Waals surface area (Å²) < 4.78 is 66.2. The van der Waals surface area contributed by atoms with E-state index in [1.807, 2.05) is 0 Å². The molecule has 0 aromatic heterocycles. The van der Waals surface area contributed by atoms with Crippen molar-refractivity contribution in [1.82, 2.24) is 0 Å². The van der Waals surface area contributed by atoms with E-state index in [2.05, 4.69) is 10.6 Å². The molecule has 3 aromatic rings. The predicted octanol–water partition coefficient (Wildman–Crippen LogP) is 4.17. The lowest BCUT2D eigenvalue weighted by atomic mass is 9.95. The molecule has 0 aliphatic heterocycles. The average molecular weight is 455 g/mol. The van der Waals surface area contributed by atoms with Crippen LogP contribution in [0.2, 0.25) is 0 Å². The van der Waals surface area contributed by atoms with Gasteiger partial charge in [-0.05, 0) is 60.8 Å². The number of ketones is 1. The first-order chi connectivity index (χ1) is 19.0. The van der Waals surface area contributed by atoms with Crippen molar-refractivity contribution in [2.45, 2.75) is 13.3 Å². The molecule has 0 aliphatic rings. The van der Waals surface area contributed by atoms with Crippen LogP contribution in [0, 0.1) is 0 Å². The van der Waals surface area contributed by atoms with E-state index in [1.54, 1.807) is 0 Å². The lowest BCUT2D eigenvalue weighted by Gasteiger charge is -2.12. The summed E-state index contributed by atoms with van der Waals surface area (Å²) in [6.45, 7) is 1.01. The van der Waals surface area contributed by atoms with Crippen molar-refractivity contribution in [3.63, 3.8) is 0 Å². The van der Waals surface area contributed by atoms with Gasteiger partial charge in [-0.15, -0.1) is 0 Å². The Labute approximate surface area is 201 Å². The molecule has 0 aliphatic carbocycles. The Morgan fingerprint density at radius 3 is 1.67 bits per heavy atom. The highest BCUT2D eigenvalue weighted by Gasteiger charge is 2.24. The van der Waals surface area contributed by atoms with Crippen LogP contribution < -0.4 is 10.6 Å². The van der Waals surface area contributed by atoms with Gasteiger partial charge in [0.25, 0.3) is 5.91 Å². The number of amides is 1. The van der Waals surface area contributed by atoms with Gasteiger partial charge in [0, 0.05) is 24.0 Å². The van der Waals surface area contributed by atoms with Gasteiger partial charge in [0.1, 0.15) is 0 Å². The SMILES string of the molecule is [2H]c1c([2H])c(NC)c([2H])c([2H])c1Cc1c([2H])c([2H])c(NC(=O)c2cc(C(C)=O)c(C(=O)O)cc2C(=O)O)c([2H])c1[2H]. The van der Waals surface area contributed by atoms with Gasteiger partial charge in [-0.3, -0.25) is 9.59 Å². The van der Waals surface area contributed by atoms with Gasteiger partial charge < -0.3 is 20.8 Å². The van der Waals surface area contributed by atoms with E-state index in [9.17, 15) is 29.4 Å². The maximum atomic E-state index is 13.1. The van der Waals surface area contributed by atoms with E-state index >= 15 is 0 Å². The molecule has 0 fully saturated rings. The molecule has 0 radical (unpaired) electrons. The van der Waals surface area contributed by atoms with Crippen LogP contribution in [0.5, 0.6) is 0 Å². The molecular formula is C25H22N2O6.